The maximum atomic E-state index is 12.8. The van der Waals surface area contributed by atoms with Crippen molar-refractivity contribution in [1.82, 2.24) is 21.3 Å². The average molecular weight is 460 g/mol. The molecule has 184 valence electrons. The van der Waals surface area contributed by atoms with Crippen LogP contribution in [0, 0.1) is 5.92 Å². The first-order valence-electron chi connectivity index (χ1n) is 10.4. The maximum Gasteiger partial charge on any atom is 0.326 e. The number of nitrogens with two attached hydrogens (primary N) is 1. The second-order valence-corrected chi connectivity index (χ2v) is 8.74. The molecule has 0 unspecified atom stereocenters. The fourth-order valence-electron chi connectivity index (χ4n) is 2.59. The molecule has 0 aliphatic rings. The molecule has 0 aliphatic carbocycles. The Bertz CT molecular complexity index is 676. The van der Waals surface area contributed by atoms with Gasteiger partial charge >= 0.3 is 12.0 Å². The molecule has 0 spiro atoms. The minimum atomic E-state index is -1.25. The lowest BCUT2D eigenvalue weighted by Crippen LogP contribution is -2.58. The monoisotopic (exact) mass is 459 g/mol. The van der Waals surface area contributed by atoms with Gasteiger partial charge in [-0.3, -0.25) is 14.4 Å². The van der Waals surface area contributed by atoms with Gasteiger partial charge in [-0.25, -0.2) is 9.59 Å². The number of carbonyl (C=O) groups is 5. The Morgan fingerprint density at radius 3 is 2.00 bits per heavy atom. The first-order chi connectivity index (χ1) is 14.6. The van der Waals surface area contributed by atoms with Gasteiger partial charge in [0.1, 0.15) is 18.1 Å². The molecule has 0 radical (unpaired) electrons. The number of carboxylic acids is 1. The van der Waals surface area contributed by atoms with Crippen molar-refractivity contribution in [3.8, 4) is 0 Å². The van der Waals surface area contributed by atoms with Gasteiger partial charge in [0.05, 0.1) is 12.2 Å². The highest BCUT2D eigenvalue weighted by Gasteiger charge is 2.31. The summed E-state index contributed by atoms with van der Waals surface area (Å²) in [6, 6.07) is -4.02. The standard InChI is InChI=1S/C20H37N5O7/c1-11(2)15(17(28)24-13(18(29)30)8-7-9-22-19(21)31)25-16(27)14(23-12(3)26)10-32-20(4,5)6/h11,13-15H,7-10H2,1-6H3,(H,23,26)(H,24,28)(H,25,27)(H,29,30)(H3,21,22,31)/t13-,14-,15-/m0/s1. The molecule has 0 aromatic heterocycles. The van der Waals surface area contributed by atoms with Crippen LogP contribution >= 0.6 is 0 Å². The summed E-state index contributed by atoms with van der Waals surface area (Å²) in [6.45, 7) is 10.1. The Morgan fingerprint density at radius 2 is 1.56 bits per heavy atom. The summed E-state index contributed by atoms with van der Waals surface area (Å²) in [7, 11) is 0. The summed E-state index contributed by atoms with van der Waals surface area (Å²) >= 11 is 0. The smallest absolute Gasteiger partial charge is 0.326 e. The van der Waals surface area contributed by atoms with E-state index in [0.717, 1.165) is 0 Å². The van der Waals surface area contributed by atoms with Crippen LogP contribution < -0.4 is 27.0 Å². The predicted molar refractivity (Wildman–Crippen MR) is 116 cm³/mol. The van der Waals surface area contributed by atoms with Crippen LogP contribution in [-0.2, 0) is 23.9 Å². The summed E-state index contributed by atoms with van der Waals surface area (Å²) in [6.07, 6.45) is 0.321. The van der Waals surface area contributed by atoms with E-state index in [4.69, 9.17) is 10.5 Å². The molecule has 0 heterocycles. The van der Waals surface area contributed by atoms with Gasteiger partial charge in [-0.1, -0.05) is 13.8 Å². The van der Waals surface area contributed by atoms with Crippen LogP contribution in [0.5, 0.6) is 0 Å². The van der Waals surface area contributed by atoms with Crippen LogP contribution in [0.25, 0.3) is 0 Å². The number of primary amides is 1. The van der Waals surface area contributed by atoms with E-state index in [2.05, 4.69) is 21.3 Å². The minimum Gasteiger partial charge on any atom is -0.480 e. The van der Waals surface area contributed by atoms with Crippen molar-refractivity contribution < 1.29 is 33.8 Å². The summed E-state index contributed by atoms with van der Waals surface area (Å²) in [5.41, 5.74) is 4.41. The summed E-state index contributed by atoms with van der Waals surface area (Å²) in [5, 5.41) is 19.2. The number of amides is 5. The molecular formula is C20H37N5O7. The highest BCUT2D eigenvalue weighted by Crippen LogP contribution is 2.09. The first kappa shape index (κ1) is 29.1. The zero-order valence-electron chi connectivity index (χ0n) is 19.6. The molecule has 0 aliphatic heterocycles. The van der Waals surface area contributed by atoms with Gasteiger partial charge < -0.3 is 36.8 Å². The molecule has 12 nitrogen and oxygen atoms in total. The fraction of sp³-hybridized carbons (Fsp3) is 0.750. The molecule has 0 aromatic rings. The van der Waals surface area contributed by atoms with E-state index < -0.39 is 53.4 Å². The number of nitrogens with one attached hydrogen (secondary N) is 4. The molecule has 12 heteroatoms. The van der Waals surface area contributed by atoms with Crippen LogP contribution in [0.15, 0.2) is 0 Å². The lowest BCUT2D eigenvalue weighted by molar-refractivity contribution is -0.143. The zero-order chi connectivity index (χ0) is 25.1. The van der Waals surface area contributed by atoms with Gasteiger partial charge in [0.15, 0.2) is 0 Å². The average Bonchev–Trinajstić information content (AvgIpc) is 2.63. The molecule has 0 fully saturated rings. The van der Waals surface area contributed by atoms with E-state index >= 15 is 0 Å². The highest BCUT2D eigenvalue weighted by atomic mass is 16.5. The Kier molecular flexibility index (Phi) is 12.3. The quantitative estimate of drug-likeness (QED) is 0.199. The Balaban J connectivity index is 5.20. The van der Waals surface area contributed by atoms with Crippen LogP contribution in [0.1, 0.15) is 54.4 Å². The second-order valence-electron chi connectivity index (χ2n) is 8.74. The van der Waals surface area contributed by atoms with E-state index in [9.17, 15) is 29.1 Å². The largest absolute Gasteiger partial charge is 0.480 e. The van der Waals surface area contributed by atoms with Crippen LogP contribution in [0.2, 0.25) is 0 Å². The molecule has 0 aromatic carbocycles. The van der Waals surface area contributed by atoms with Gasteiger partial charge in [-0.15, -0.1) is 0 Å². The third kappa shape index (κ3) is 12.7. The Hall–Kier alpha value is -2.89. The van der Waals surface area contributed by atoms with Gasteiger partial charge in [0, 0.05) is 13.5 Å². The van der Waals surface area contributed by atoms with E-state index in [1.54, 1.807) is 34.6 Å². The molecule has 7 N–H and O–H groups in total. The minimum absolute atomic E-state index is 0.0497. The molecule has 5 amide bonds. The SMILES string of the molecule is CC(=O)N[C@@H](COC(C)(C)C)C(=O)N[C@H](C(=O)N[C@@H](CCCNC(N)=O)C(=O)O)C(C)C. The van der Waals surface area contributed by atoms with Crippen LogP contribution in [0.4, 0.5) is 4.79 Å². The number of aliphatic carboxylic acids is 1. The van der Waals surface area contributed by atoms with Crippen LogP contribution in [-0.4, -0.2) is 71.7 Å². The van der Waals surface area contributed by atoms with Gasteiger partial charge in [-0.05, 0) is 39.5 Å². The molecule has 0 saturated heterocycles. The normalized spacial score (nSPS) is 14.1. The van der Waals surface area contributed by atoms with Crippen molar-refractivity contribution in [3.05, 3.63) is 0 Å². The molecular weight excluding hydrogens is 422 g/mol. The topological polar surface area (TPSA) is 189 Å². The van der Waals surface area contributed by atoms with Crippen LogP contribution in [0.3, 0.4) is 0 Å². The predicted octanol–water partition coefficient (Wildman–Crippen LogP) is -0.535. The van der Waals surface area contributed by atoms with Crippen molar-refractivity contribution in [2.75, 3.05) is 13.2 Å². The van der Waals surface area contributed by atoms with Crippen molar-refractivity contribution in [2.45, 2.75) is 78.1 Å². The van der Waals surface area contributed by atoms with E-state index in [-0.39, 0.29) is 31.9 Å². The summed E-state index contributed by atoms with van der Waals surface area (Å²) in [4.78, 5) is 59.2. The lowest BCUT2D eigenvalue weighted by atomic mass is 10.0. The maximum absolute atomic E-state index is 12.8. The van der Waals surface area contributed by atoms with Crippen molar-refractivity contribution in [2.24, 2.45) is 11.7 Å². The Morgan fingerprint density at radius 1 is 0.969 bits per heavy atom. The van der Waals surface area contributed by atoms with E-state index in [1.165, 1.54) is 6.92 Å². The summed E-state index contributed by atoms with van der Waals surface area (Å²) < 4.78 is 5.59. The summed E-state index contributed by atoms with van der Waals surface area (Å²) in [5.74, 6) is -3.37. The number of hydrogen-bond donors (Lipinski definition) is 6. The molecule has 32 heavy (non-hydrogen) atoms. The first-order valence-corrected chi connectivity index (χ1v) is 10.4. The third-order valence-electron chi connectivity index (χ3n) is 4.21. The van der Waals surface area contributed by atoms with Gasteiger partial charge in [-0.2, -0.15) is 0 Å². The number of carbonyl (C=O) groups excluding carboxylic acids is 4. The number of ether oxygens (including phenoxy) is 1. The van der Waals surface area contributed by atoms with E-state index in [1.807, 2.05) is 0 Å². The van der Waals surface area contributed by atoms with Gasteiger partial charge in [0.25, 0.3) is 0 Å². The number of carboxylic acid groups (broad SMARTS) is 1. The van der Waals surface area contributed by atoms with Gasteiger partial charge in [0.2, 0.25) is 17.7 Å². The zero-order valence-corrected chi connectivity index (χ0v) is 19.6. The lowest BCUT2D eigenvalue weighted by Gasteiger charge is -2.28. The highest BCUT2D eigenvalue weighted by molar-refractivity contribution is 5.93. The molecule has 0 rings (SSSR count). The van der Waals surface area contributed by atoms with Crippen molar-refractivity contribution in [1.29, 1.82) is 0 Å². The van der Waals surface area contributed by atoms with Crippen molar-refractivity contribution >= 4 is 29.7 Å². The third-order valence-corrected chi connectivity index (χ3v) is 4.21. The molecule has 0 saturated carbocycles. The number of rotatable bonds is 13. The fourth-order valence-corrected chi connectivity index (χ4v) is 2.59. The molecule has 3 atom stereocenters. The number of urea groups is 1. The molecule has 0 bridgehead atoms. The number of hydrogen-bond acceptors (Lipinski definition) is 6. The van der Waals surface area contributed by atoms with E-state index in [0.29, 0.717) is 0 Å². The van der Waals surface area contributed by atoms with Crippen molar-refractivity contribution in [3.63, 3.8) is 0 Å². The second kappa shape index (κ2) is 13.5. The Labute approximate surface area is 188 Å².